The van der Waals surface area contributed by atoms with Gasteiger partial charge in [-0.15, -0.1) is 0 Å². The van der Waals surface area contributed by atoms with E-state index in [1.165, 1.54) is 0 Å². The molecule has 0 rings (SSSR count). The Balaban J connectivity index is 0. The highest BCUT2D eigenvalue weighted by Crippen LogP contribution is 2.07. The minimum atomic E-state index is -0.326. The second-order valence-electron chi connectivity index (χ2n) is 5.88. The Bertz CT molecular complexity index is 228. The van der Waals surface area contributed by atoms with Crippen LogP contribution in [0, 0.1) is 0 Å². The molecular formula is C14H28O4. The van der Waals surface area contributed by atoms with E-state index in [4.69, 9.17) is 9.47 Å². The van der Waals surface area contributed by atoms with Gasteiger partial charge in [-0.25, -0.2) is 0 Å². The van der Waals surface area contributed by atoms with Crippen LogP contribution >= 0.6 is 0 Å². The molecule has 0 aromatic rings. The van der Waals surface area contributed by atoms with E-state index in [1.54, 1.807) is 13.8 Å². The van der Waals surface area contributed by atoms with Crippen LogP contribution in [0.25, 0.3) is 0 Å². The van der Waals surface area contributed by atoms with Crippen LogP contribution in [-0.2, 0) is 19.1 Å². The lowest BCUT2D eigenvalue weighted by atomic mass is 10.2. The zero-order valence-electron chi connectivity index (χ0n) is 13.0. The highest BCUT2D eigenvalue weighted by Gasteiger charge is 2.14. The average molecular weight is 260 g/mol. The number of carbonyl (C=O) groups is 2. The van der Waals surface area contributed by atoms with E-state index in [-0.39, 0.29) is 23.1 Å². The van der Waals surface area contributed by atoms with Gasteiger partial charge in [0.2, 0.25) is 0 Å². The van der Waals surface area contributed by atoms with Gasteiger partial charge in [0.05, 0.1) is 0 Å². The quantitative estimate of drug-likeness (QED) is 0.713. The number of carbonyl (C=O) groups excluding carboxylic acids is 2. The summed E-state index contributed by atoms with van der Waals surface area (Å²) in [7, 11) is 0. The maximum atomic E-state index is 10.6. The molecule has 0 saturated carbocycles. The lowest BCUT2D eigenvalue weighted by Gasteiger charge is -2.18. The monoisotopic (exact) mass is 260 g/mol. The Morgan fingerprint density at radius 1 is 0.722 bits per heavy atom. The molecule has 0 unspecified atom stereocenters. The molecule has 0 N–H and O–H groups in total. The molecule has 0 amide bonds. The lowest BCUT2D eigenvalue weighted by molar-refractivity contribution is -0.155. The Morgan fingerprint density at radius 3 is 1.00 bits per heavy atom. The Hall–Kier alpha value is -1.06. The topological polar surface area (TPSA) is 52.6 Å². The van der Waals surface area contributed by atoms with Crippen molar-refractivity contribution in [2.45, 2.75) is 79.4 Å². The molecule has 0 aliphatic heterocycles. The third kappa shape index (κ3) is 17.3. The van der Waals surface area contributed by atoms with Crippen LogP contribution < -0.4 is 0 Å². The molecule has 4 nitrogen and oxygen atoms in total. The van der Waals surface area contributed by atoms with Gasteiger partial charge >= 0.3 is 11.9 Å². The third-order valence-corrected chi connectivity index (χ3v) is 1.42. The van der Waals surface area contributed by atoms with Gasteiger partial charge in [-0.1, -0.05) is 13.8 Å². The summed E-state index contributed by atoms with van der Waals surface area (Å²) in [6.45, 7) is 14.7. The fourth-order valence-electron chi connectivity index (χ4n) is 0.827. The molecule has 108 valence electrons. The Labute approximate surface area is 111 Å². The predicted molar refractivity (Wildman–Crippen MR) is 72.3 cm³/mol. The van der Waals surface area contributed by atoms with Gasteiger partial charge in [-0.3, -0.25) is 9.59 Å². The molecule has 0 aromatic heterocycles. The second-order valence-corrected chi connectivity index (χ2v) is 5.88. The average Bonchev–Trinajstić information content (AvgIpc) is 2.13. The maximum absolute atomic E-state index is 10.6. The molecule has 18 heavy (non-hydrogen) atoms. The summed E-state index contributed by atoms with van der Waals surface area (Å²) < 4.78 is 9.90. The van der Waals surface area contributed by atoms with Crippen molar-refractivity contribution in [2.75, 3.05) is 0 Å². The zero-order chi connectivity index (χ0) is 15.0. The summed E-state index contributed by atoms with van der Waals surface area (Å²) in [5.41, 5.74) is -0.653. The smallest absolute Gasteiger partial charge is 0.306 e. The fraction of sp³-hybridized carbons (Fsp3) is 0.857. The molecule has 0 aliphatic rings. The minimum absolute atomic E-state index is 0.137. The number of hydrogen-bond acceptors (Lipinski definition) is 4. The first-order valence-electron chi connectivity index (χ1n) is 6.35. The van der Waals surface area contributed by atoms with Crippen LogP contribution in [0.4, 0.5) is 0 Å². The predicted octanol–water partition coefficient (Wildman–Crippen LogP) is 3.48. The maximum Gasteiger partial charge on any atom is 0.306 e. The molecule has 0 heterocycles. The van der Waals surface area contributed by atoms with Crippen molar-refractivity contribution < 1.29 is 19.1 Å². The molecule has 4 heteroatoms. The van der Waals surface area contributed by atoms with Crippen LogP contribution in [0.2, 0.25) is 0 Å². The van der Waals surface area contributed by atoms with Crippen LogP contribution in [0.3, 0.4) is 0 Å². The molecule has 0 atom stereocenters. The van der Waals surface area contributed by atoms with Gasteiger partial charge < -0.3 is 9.47 Å². The number of ether oxygens (including phenoxy) is 2. The zero-order valence-corrected chi connectivity index (χ0v) is 13.0. The minimum Gasteiger partial charge on any atom is -0.460 e. The summed E-state index contributed by atoms with van der Waals surface area (Å²) in [4.78, 5) is 21.2. The van der Waals surface area contributed by atoms with Crippen LogP contribution in [0.15, 0.2) is 0 Å². The van der Waals surface area contributed by atoms with Crippen molar-refractivity contribution in [3.05, 3.63) is 0 Å². The molecule has 0 aliphatic carbocycles. The Morgan fingerprint density at radius 2 is 0.944 bits per heavy atom. The highest BCUT2D eigenvalue weighted by atomic mass is 16.6. The van der Waals surface area contributed by atoms with E-state index in [0.29, 0.717) is 12.8 Å². The van der Waals surface area contributed by atoms with E-state index in [9.17, 15) is 9.59 Å². The van der Waals surface area contributed by atoms with Gasteiger partial charge in [0.15, 0.2) is 0 Å². The first-order chi connectivity index (χ1) is 7.91. The van der Waals surface area contributed by atoms with E-state index < -0.39 is 0 Å². The summed E-state index contributed by atoms with van der Waals surface area (Å²) in [6, 6.07) is 0. The van der Waals surface area contributed by atoms with Crippen LogP contribution in [0.5, 0.6) is 0 Å². The number of esters is 2. The van der Waals surface area contributed by atoms with E-state index in [2.05, 4.69) is 0 Å². The van der Waals surface area contributed by atoms with Crippen LogP contribution in [-0.4, -0.2) is 23.1 Å². The number of hydrogen-bond donors (Lipinski definition) is 0. The van der Waals surface area contributed by atoms with E-state index in [1.807, 2.05) is 41.5 Å². The van der Waals surface area contributed by atoms with Crippen molar-refractivity contribution >= 4 is 11.9 Å². The molecule has 0 aromatic carbocycles. The molecule has 0 radical (unpaired) electrons. The Kier molecular flexibility index (Phi) is 8.69. The van der Waals surface area contributed by atoms with Gasteiger partial charge in [0.1, 0.15) is 11.2 Å². The van der Waals surface area contributed by atoms with Gasteiger partial charge in [-0.2, -0.15) is 0 Å². The SMILES string of the molecule is CCC(=O)OC(C)(C)C.CCC(=O)OC(C)(C)C. The lowest BCUT2D eigenvalue weighted by Crippen LogP contribution is -2.23. The van der Waals surface area contributed by atoms with Gasteiger partial charge in [0.25, 0.3) is 0 Å². The van der Waals surface area contributed by atoms with E-state index >= 15 is 0 Å². The summed E-state index contributed by atoms with van der Waals surface area (Å²) in [6.07, 6.45) is 0.911. The third-order valence-electron chi connectivity index (χ3n) is 1.42. The summed E-state index contributed by atoms with van der Waals surface area (Å²) in [5.74, 6) is -0.273. The first kappa shape index (κ1) is 19.3. The molecule has 0 spiro atoms. The normalized spacial score (nSPS) is 11.1. The van der Waals surface area contributed by atoms with E-state index in [0.717, 1.165) is 0 Å². The van der Waals surface area contributed by atoms with Crippen LogP contribution in [0.1, 0.15) is 68.2 Å². The highest BCUT2D eigenvalue weighted by molar-refractivity contribution is 5.69. The second kappa shape index (κ2) is 8.11. The molecular weight excluding hydrogens is 232 g/mol. The van der Waals surface area contributed by atoms with Crippen molar-refractivity contribution in [2.24, 2.45) is 0 Å². The number of rotatable bonds is 2. The fourth-order valence-corrected chi connectivity index (χ4v) is 0.827. The summed E-state index contributed by atoms with van der Waals surface area (Å²) in [5, 5.41) is 0. The molecule has 0 fully saturated rings. The standard InChI is InChI=1S/2C7H14O2/c2*1-5-6(8)9-7(2,3)4/h2*5H2,1-4H3. The molecule has 0 bridgehead atoms. The van der Waals surface area contributed by atoms with Gasteiger partial charge in [-0.05, 0) is 41.5 Å². The van der Waals surface area contributed by atoms with Crippen molar-refractivity contribution in [3.63, 3.8) is 0 Å². The largest absolute Gasteiger partial charge is 0.460 e. The van der Waals surface area contributed by atoms with Gasteiger partial charge in [0, 0.05) is 12.8 Å². The summed E-state index contributed by atoms with van der Waals surface area (Å²) >= 11 is 0. The van der Waals surface area contributed by atoms with Crippen molar-refractivity contribution in [1.82, 2.24) is 0 Å². The first-order valence-corrected chi connectivity index (χ1v) is 6.35. The van der Waals surface area contributed by atoms with Crippen molar-refractivity contribution in [1.29, 1.82) is 0 Å². The van der Waals surface area contributed by atoms with Crippen molar-refractivity contribution in [3.8, 4) is 0 Å². The molecule has 0 saturated heterocycles.